The van der Waals surface area contributed by atoms with Crippen LogP contribution in [0.25, 0.3) is 0 Å². The molecule has 1 aliphatic rings. The molecule has 1 aromatic rings. The van der Waals surface area contributed by atoms with Crippen LogP contribution in [0.15, 0.2) is 12.1 Å². The molecule has 0 saturated carbocycles. The molecule has 0 spiro atoms. The molecule has 0 radical (unpaired) electrons. The van der Waals surface area contributed by atoms with Crippen LogP contribution in [0.5, 0.6) is 0 Å². The number of benzene rings is 1. The van der Waals surface area contributed by atoms with Crippen LogP contribution in [-0.2, 0) is 0 Å². The molecule has 1 N–H and O–H groups in total. The van der Waals surface area contributed by atoms with E-state index in [1.807, 2.05) is 0 Å². The van der Waals surface area contributed by atoms with E-state index in [9.17, 15) is 5.11 Å². The second-order valence-corrected chi connectivity index (χ2v) is 4.18. The van der Waals surface area contributed by atoms with E-state index in [1.54, 1.807) is 0 Å². The van der Waals surface area contributed by atoms with Gasteiger partial charge in [0.25, 0.3) is 0 Å². The van der Waals surface area contributed by atoms with Crippen molar-refractivity contribution in [1.29, 1.82) is 0 Å². The normalized spacial score (nSPS) is 26.2. The van der Waals surface area contributed by atoms with Gasteiger partial charge in [-0.25, -0.2) is 0 Å². The Bertz CT molecular complexity index is 308. The number of rotatable bonds is 0. The van der Waals surface area contributed by atoms with E-state index in [-0.39, 0.29) is 6.10 Å². The van der Waals surface area contributed by atoms with E-state index < -0.39 is 0 Å². The number of aliphatic hydroxyl groups excluding tert-OH is 1. The Morgan fingerprint density at radius 3 is 2.23 bits per heavy atom. The Morgan fingerprint density at radius 1 is 1.15 bits per heavy atom. The fraction of sp³-hybridized carbons (Fsp3) is 0.500. The predicted octanol–water partition coefficient (Wildman–Crippen LogP) is 2.84. The molecule has 2 atom stereocenters. The van der Waals surface area contributed by atoms with Crippen molar-refractivity contribution >= 4 is 0 Å². The van der Waals surface area contributed by atoms with Gasteiger partial charge in [0.15, 0.2) is 0 Å². The summed E-state index contributed by atoms with van der Waals surface area (Å²) >= 11 is 0. The molecule has 70 valence electrons. The number of hydrogen-bond acceptors (Lipinski definition) is 1. The van der Waals surface area contributed by atoms with Crippen LogP contribution in [0, 0.1) is 13.8 Å². The minimum Gasteiger partial charge on any atom is -0.388 e. The van der Waals surface area contributed by atoms with Gasteiger partial charge >= 0.3 is 0 Å². The van der Waals surface area contributed by atoms with Crippen molar-refractivity contribution in [3.05, 3.63) is 34.4 Å². The van der Waals surface area contributed by atoms with Gasteiger partial charge in [0.1, 0.15) is 0 Å². The largest absolute Gasteiger partial charge is 0.388 e. The van der Waals surface area contributed by atoms with Crippen LogP contribution < -0.4 is 0 Å². The molecule has 1 heteroatoms. The summed E-state index contributed by atoms with van der Waals surface area (Å²) in [7, 11) is 0. The average Bonchev–Trinajstić information content (AvgIpc) is 2.36. The maximum atomic E-state index is 9.86. The number of fused-ring (bicyclic) bond motifs is 1. The highest BCUT2D eigenvalue weighted by atomic mass is 16.3. The zero-order valence-corrected chi connectivity index (χ0v) is 8.46. The second kappa shape index (κ2) is 2.85. The van der Waals surface area contributed by atoms with E-state index in [0.29, 0.717) is 5.92 Å². The maximum absolute atomic E-state index is 9.86. The Kier molecular flexibility index (Phi) is 1.92. The van der Waals surface area contributed by atoms with Crippen molar-refractivity contribution in [2.24, 2.45) is 0 Å². The number of aryl methyl sites for hydroxylation is 2. The van der Waals surface area contributed by atoms with Gasteiger partial charge in [0.2, 0.25) is 0 Å². The molecule has 0 fully saturated rings. The van der Waals surface area contributed by atoms with Crippen LogP contribution in [0.1, 0.15) is 47.6 Å². The monoisotopic (exact) mass is 176 g/mol. The standard InChI is InChI=1S/C12H16O/c1-7-4-5-8(2)12-10(13)6-9(3)11(7)12/h4-5,9-10,13H,6H2,1-3H3. The molecule has 0 amide bonds. The smallest absolute Gasteiger partial charge is 0.0801 e. The van der Waals surface area contributed by atoms with E-state index in [4.69, 9.17) is 0 Å². The Hall–Kier alpha value is -0.820. The first-order valence-corrected chi connectivity index (χ1v) is 4.89. The lowest BCUT2D eigenvalue weighted by Gasteiger charge is -2.11. The van der Waals surface area contributed by atoms with Gasteiger partial charge in [-0.1, -0.05) is 19.1 Å². The molecule has 2 rings (SSSR count). The van der Waals surface area contributed by atoms with Crippen molar-refractivity contribution < 1.29 is 5.11 Å². The van der Waals surface area contributed by atoms with Gasteiger partial charge in [-0.2, -0.15) is 0 Å². The lowest BCUT2D eigenvalue weighted by Crippen LogP contribution is -1.95. The Balaban J connectivity index is 2.67. The molecule has 0 aliphatic heterocycles. The molecule has 0 bridgehead atoms. The molecule has 0 heterocycles. The van der Waals surface area contributed by atoms with Crippen molar-refractivity contribution in [2.75, 3.05) is 0 Å². The highest BCUT2D eigenvalue weighted by molar-refractivity contribution is 5.46. The summed E-state index contributed by atoms with van der Waals surface area (Å²) in [5, 5.41) is 9.86. The van der Waals surface area contributed by atoms with Gasteiger partial charge in [0, 0.05) is 0 Å². The van der Waals surface area contributed by atoms with Crippen LogP contribution >= 0.6 is 0 Å². The first kappa shape index (κ1) is 8.76. The highest BCUT2D eigenvalue weighted by Crippen LogP contribution is 2.43. The summed E-state index contributed by atoms with van der Waals surface area (Å²) < 4.78 is 0. The van der Waals surface area contributed by atoms with Gasteiger partial charge in [0.05, 0.1) is 6.10 Å². The third-order valence-electron chi connectivity index (χ3n) is 3.13. The topological polar surface area (TPSA) is 20.2 Å². The maximum Gasteiger partial charge on any atom is 0.0801 e. The third kappa shape index (κ3) is 1.19. The SMILES string of the molecule is Cc1ccc(C)c2c1C(C)CC2O. The van der Waals surface area contributed by atoms with E-state index >= 15 is 0 Å². The average molecular weight is 176 g/mol. The molecule has 1 nitrogen and oxygen atoms in total. The van der Waals surface area contributed by atoms with Crippen molar-refractivity contribution in [1.82, 2.24) is 0 Å². The van der Waals surface area contributed by atoms with Crippen LogP contribution in [-0.4, -0.2) is 5.11 Å². The Morgan fingerprint density at radius 2 is 1.69 bits per heavy atom. The van der Waals surface area contributed by atoms with Crippen molar-refractivity contribution in [3.63, 3.8) is 0 Å². The van der Waals surface area contributed by atoms with Gasteiger partial charge in [-0.3, -0.25) is 0 Å². The molecule has 2 unspecified atom stereocenters. The molecule has 13 heavy (non-hydrogen) atoms. The van der Waals surface area contributed by atoms with Gasteiger partial charge < -0.3 is 5.11 Å². The van der Waals surface area contributed by atoms with Crippen molar-refractivity contribution in [3.8, 4) is 0 Å². The molecular weight excluding hydrogens is 160 g/mol. The summed E-state index contributed by atoms with van der Waals surface area (Å²) in [6.07, 6.45) is 0.658. The van der Waals surface area contributed by atoms with Crippen molar-refractivity contribution in [2.45, 2.75) is 39.2 Å². The molecule has 0 aromatic heterocycles. The van der Waals surface area contributed by atoms with Crippen LogP contribution in [0.2, 0.25) is 0 Å². The summed E-state index contributed by atoms with van der Waals surface area (Å²) in [6.45, 7) is 6.41. The van der Waals surface area contributed by atoms with E-state index in [0.717, 1.165) is 6.42 Å². The van der Waals surface area contributed by atoms with E-state index in [2.05, 4.69) is 32.9 Å². The fourth-order valence-electron chi connectivity index (χ4n) is 2.52. The van der Waals surface area contributed by atoms with Crippen LogP contribution in [0.4, 0.5) is 0 Å². The summed E-state index contributed by atoms with van der Waals surface area (Å²) in [6, 6.07) is 4.26. The molecule has 0 saturated heterocycles. The zero-order chi connectivity index (χ0) is 9.59. The zero-order valence-electron chi connectivity index (χ0n) is 8.46. The molecule has 1 aromatic carbocycles. The molecular formula is C12H16O. The second-order valence-electron chi connectivity index (χ2n) is 4.18. The number of hydrogen-bond donors (Lipinski definition) is 1. The Labute approximate surface area is 79.4 Å². The quantitative estimate of drug-likeness (QED) is 0.644. The summed E-state index contributed by atoms with van der Waals surface area (Å²) in [4.78, 5) is 0. The van der Waals surface area contributed by atoms with Gasteiger partial charge in [-0.15, -0.1) is 0 Å². The minimum absolute atomic E-state index is 0.232. The lowest BCUT2D eigenvalue weighted by atomic mass is 9.95. The first-order chi connectivity index (χ1) is 6.11. The molecule has 1 aliphatic carbocycles. The van der Waals surface area contributed by atoms with E-state index in [1.165, 1.54) is 22.3 Å². The third-order valence-corrected chi connectivity index (χ3v) is 3.13. The predicted molar refractivity (Wildman–Crippen MR) is 53.9 cm³/mol. The highest BCUT2D eigenvalue weighted by Gasteiger charge is 2.29. The summed E-state index contributed by atoms with van der Waals surface area (Å²) in [5.41, 5.74) is 5.13. The fourth-order valence-corrected chi connectivity index (χ4v) is 2.52. The minimum atomic E-state index is -0.232. The number of aliphatic hydroxyl groups is 1. The van der Waals surface area contributed by atoms with Gasteiger partial charge in [-0.05, 0) is 48.4 Å². The summed E-state index contributed by atoms with van der Waals surface area (Å²) in [5.74, 6) is 0.518. The first-order valence-electron chi connectivity index (χ1n) is 4.89. The lowest BCUT2D eigenvalue weighted by molar-refractivity contribution is 0.174. The van der Waals surface area contributed by atoms with Crippen LogP contribution in [0.3, 0.4) is 0 Å².